The Morgan fingerprint density at radius 3 is 2.85 bits per heavy atom. The molecule has 7 heteroatoms. The number of anilines is 1. The lowest BCUT2D eigenvalue weighted by Crippen LogP contribution is -2.11. The molecule has 0 unspecified atom stereocenters. The van der Waals surface area contributed by atoms with Crippen LogP contribution in [0, 0.1) is 0 Å². The van der Waals surface area contributed by atoms with Crippen LogP contribution in [0.4, 0.5) is 18.9 Å². The lowest BCUT2D eigenvalue weighted by atomic mass is 10.1. The van der Waals surface area contributed by atoms with Gasteiger partial charge in [0.05, 0.1) is 23.5 Å². The number of aryl methyl sites for hydroxylation is 1. The SMILES string of the molecule is Cn1cc(N[C@H]2COc3cc(C(F)(F)F)ccc32)cn1. The molecule has 0 radical (unpaired) electrons. The number of halogens is 3. The van der Waals surface area contributed by atoms with Crippen LogP contribution in [-0.4, -0.2) is 16.4 Å². The van der Waals surface area contributed by atoms with Crippen LogP contribution in [0.2, 0.25) is 0 Å². The summed E-state index contributed by atoms with van der Waals surface area (Å²) in [5, 5.41) is 7.21. The van der Waals surface area contributed by atoms with E-state index in [9.17, 15) is 13.2 Å². The Labute approximate surface area is 113 Å². The predicted octanol–water partition coefficient (Wildman–Crippen LogP) is 2.98. The predicted molar refractivity (Wildman–Crippen MR) is 66.5 cm³/mol. The highest BCUT2D eigenvalue weighted by Gasteiger charge is 2.33. The van der Waals surface area contributed by atoms with Gasteiger partial charge in [-0.15, -0.1) is 0 Å². The number of fused-ring (bicyclic) bond motifs is 1. The molecule has 1 aromatic heterocycles. The van der Waals surface area contributed by atoms with Crippen LogP contribution >= 0.6 is 0 Å². The number of aromatic nitrogens is 2. The number of hydrogen-bond acceptors (Lipinski definition) is 3. The smallest absolute Gasteiger partial charge is 0.416 e. The van der Waals surface area contributed by atoms with E-state index in [1.54, 1.807) is 24.1 Å². The van der Waals surface area contributed by atoms with Gasteiger partial charge in [0.2, 0.25) is 0 Å². The number of rotatable bonds is 2. The maximum absolute atomic E-state index is 12.6. The van der Waals surface area contributed by atoms with Gasteiger partial charge < -0.3 is 10.1 Å². The molecule has 20 heavy (non-hydrogen) atoms. The number of nitrogens with one attached hydrogen (secondary N) is 1. The zero-order chi connectivity index (χ0) is 14.3. The fourth-order valence-corrected chi connectivity index (χ4v) is 2.20. The van der Waals surface area contributed by atoms with Gasteiger partial charge in [0.1, 0.15) is 12.4 Å². The summed E-state index contributed by atoms with van der Waals surface area (Å²) in [6.45, 7) is 0.297. The van der Waals surface area contributed by atoms with Gasteiger partial charge in [-0.2, -0.15) is 18.3 Å². The lowest BCUT2D eigenvalue weighted by Gasteiger charge is -2.12. The first-order valence-electron chi connectivity index (χ1n) is 6.02. The van der Waals surface area contributed by atoms with Crippen molar-refractivity contribution in [1.82, 2.24) is 9.78 Å². The van der Waals surface area contributed by atoms with Gasteiger partial charge in [-0.25, -0.2) is 0 Å². The van der Waals surface area contributed by atoms with Crippen LogP contribution in [0.15, 0.2) is 30.6 Å². The third-order valence-electron chi connectivity index (χ3n) is 3.17. The second kappa shape index (κ2) is 4.43. The molecule has 0 aliphatic carbocycles. The van der Waals surface area contributed by atoms with Crippen molar-refractivity contribution in [1.29, 1.82) is 0 Å². The van der Waals surface area contributed by atoms with Gasteiger partial charge in [-0.1, -0.05) is 6.07 Å². The van der Waals surface area contributed by atoms with Gasteiger partial charge >= 0.3 is 6.18 Å². The van der Waals surface area contributed by atoms with Crippen molar-refractivity contribution in [3.8, 4) is 5.75 Å². The summed E-state index contributed by atoms with van der Waals surface area (Å²) < 4.78 is 44.8. The Kier molecular flexibility index (Phi) is 2.84. The molecule has 0 spiro atoms. The molecule has 0 fully saturated rings. The van der Waals surface area contributed by atoms with E-state index in [0.717, 1.165) is 23.4 Å². The molecular formula is C13H12F3N3O. The number of hydrogen-bond donors (Lipinski definition) is 1. The fraction of sp³-hybridized carbons (Fsp3) is 0.308. The van der Waals surface area contributed by atoms with E-state index < -0.39 is 11.7 Å². The van der Waals surface area contributed by atoms with E-state index in [0.29, 0.717) is 6.61 Å². The molecule has 3 rings (SSSR count). The summed E-state index contributed by atoms with van der Waals surface area (Å²) in [5.74, 6) is 0.279. The minimum Gasteiger partial charge on any atom is -0.491 e. The van der Waals surface area contributed by atoms with Crippen molar-refractivity contribution < 1.29 is 17.9 Å². The minimum absolute atomic E-state index is 0.170. The number of ether oxygens (including phenoxy) is 1. The van der Waals surface area contributed by atoms with Crippen LogP contribution in [0.25, 0.3) is 0 Å². The van der Waals surface area contributed by atoms with Gasteiger partial charge in [-0.3, -0.25) is 4.68 Å². The average molecular weight is 283 g/mol. The molecular weight excluding hydrogens is 271 g/mol. The van der Waals surface area contributed by atoms with Gasteiger partial charge in [0.15, 0.2) is 0 Å². The zero-order valence-electron chi connectivity index (χ0n) is 10.6. The second-order valence-corrected chi connectivity index (χ2v) is 4.66. The van der Waals surface area contributed by atoms with Crippen LogP contribution in [0.1, 0.15) is 17.2 Å². The van der Waals surface area contributed by atoms with Crippen molar-refractivity contribution >= 4 is 5.69 Å². The van der Waals surface area contributed by atoms with Gasteiger partial charge in [0.25, 0.3) is 0 Å². The molecule has 1 aliphatic heterocycles. The second-order valence-electron chi connectivity index (χ2n) is 4.66. The van der Waals surface area contributed by atoms with Crippen molar-refractivity contribution in [2.24, 2.45) is 7.05 Å². The zero-order valence-corrected chi connectivity index (χ0v) is 10.6. The van der Waals surface area contributed by atoms with Crippen LogP contribution in [0.3, 0.4) is 0 Å². The molecule has 0 saturated heterocycles. The lowest BCUT2D eigenvalue weighted by molar-refractivity contribution is -0.137. The summed E-state index contributed by atoms with van der Waals surface area (Å²) in [7, 11) is 1.79. The fourth-order valence-electron chi connectivity index (χ4n) is 2.20. The maximum Gasteiger partial charge on any atom is 0.416 e. The quantitative estimate of drug-likeness (QED) is 0.921. The molecule has 1 aromatic carbocycles. The number of nitrogens with zero attached hydrogens (tertiary/aromatic N) is 2. The molecule has 0 bridgehead atoms. The van der Waals surface area contributed by atoms with Crippen molar-refractivity contribution in [3.63, 3.8) is 0 Å². The van der Waals surface area contributed by atoms with Gasteiger partial charge in [0, 0.05) is 18.8 Å². The van der Waals surface area contributed by atoms with Crippen molar-refractivity contribution in [2.45, 2.75) is 12.2 Å². The monoisotopic (exact) mass is 283 g/mol. The summed E-state index contributed by atoms with van der Waals surface area (Å²) in [5.41, 5.74) is 0.828. The Morgan fingerprint density at radius 1 is 1.40 bits per heavy atom. The summed E-state index contributed by atoms with van der Waals surface area (Å²) in [6, 6.07) is 3.40. The highest BCUT2D eigenvalue weighted by molar-refractivity contribution is 5.49. The van der Waals surface area contributed by atoms with Crippen LogP contribution in [0.5, 0.6) is 5.75 Å². The average Bonchev–Trinajstić information content (AvgIpc) is 2.95. The highest BCUT2D eigenvalue weighted by Crippen LogP contribution is 2.39. The van der Waals surface area contributed by atoms with E-state index in [4.69, 9.17) is 4.74 Å². The largest absolute Gasteiger partial charge is 0.491 e. The normalized spacial score (nSPS) is 17.7. The van der Waals surface area contributed by atoms with E-state index in [-0.39, 0.29) is 11.8 Å². The summed E-state index contributed by atoms with van der Waals surface area (Å²) in [4.78, 5) is 0. The first-order valence-corrected chi connectivity index (χ1v) is 6.02. The summed E-state index contributed by atoms with van der Waals surface area (Å²) >= 11 is 0. The van der Waals surface area contributed by atoms with Crippen molar-refractivity contribution in [3.05, 3.63) is 41.7 Å². The molecule has 1 aliphatic rings. The Morgan fingerprint density at radius 2 is 2.20 bits per heavy atom. The van der Waals surface area contributed by atoms with E-state index in [1.165, 1.54) is 6.07 Å². The molecule has 4 nitrogen and oxygen atoms in total. The third-order valence-corrected chi connectivity index (χ3v) is 3.17. The van der Waals surface area contributed by atoms with Crippen LogP contribution < -0.4 is 10.1 Å². The molecule has 2 heterocycles. The Bertz CT molecular complexity index is 636. The standard InChI is InChI=1S/C13H12F3N3O/c1-19-6-9(5-17-19)18-11-7-20-12-4-8(13(14,15)16)2-3-10(11)12/h2-6,11,18H,7H2,1H3/t11-/m0/s1. The first kappa shape index (κ1) is 12.8. The number of benzene rings is 1. The first-order chi connectivity index (χ1) is 9.43. The molecule has 106 valence electrons. The van der Waals surface area contributed by atoms with E-state index in [1.807, 2.05) is 0 Å². The Balaban J connectivity index is 1.84. The molecule has 1 N–H and O–H groups in total. The molecule has 2 aromatic rings. The topological polar surface area (TPSA) is 39.1 Å². The number of alkyl halides is 3. The van der Waals surface area contributed by atoms with Crippen LogP contribution in [-0.2, 0) is 13.2 Å². The highest BCUT2D eigenvalue weighted by atomic mass is 19.4. The summed E-state index contributed by atoms with van der Waals surface area (Å²) in [6.07, 6.45) is -0.905. The van der Waals surface area contributed by atoms with Gasteiger partial charge in [-0.05, 0) is 12.1 Å². The maximum atomic E-state index is 12.6. The molecule has 0 saturated carbocycles. The minimum atomic E-state index is -4.35. The van der Waals surface area contributed by atoms with E-state index >= 15 is 0 Å². The van der Waals surface area contributed by atoms with Crippen molar-refractivity contribution in [2.75, 3.05) is 11.9 Å². The molecule has 0 amide bonds. The Hall–Kier alpha value is -2.18. The third kappa shape index (κ3) is 2.31. The molecule has 1 atom stereocenters. The van der Waals surface area contributed by atoms with E-state index in [2.05, 4.69) is 10.4 Å².